The number of carbonyl (C=O) groups excluding carboxylic acids is 1. The molecule has 3 saturated carbocycles. The molecule has 1 nitrogen and oxygen atoms in total. The molecule has 1 heteroatoms. The highest BCUT2D eigenvalue weighted by Crippen LogP contribution is 2.60. The summed E-state index contributed by atoms with van der Waals surface area (Å²) in [6, 6.07) is 0. The van der Waals surface area contributed by atoms with Gasteiger partial charge in [-0.25, -0.2) is 0 Å². The molecule has 4 atom stereocenters. The fraction of sp³-hybridized carbons (Fsp3) is 0.643. The lowest BCUT2D eigenvalue weighted by molar-refractivity contribution is -0.104. The fourth-order valence-corrected chi connectivity index (χ4v) is 4.31. The predicted octanol–water partition coefficient (Wildman–Crippen LogP) is 3.12. The van der Waals surface area contributed by atoms with Gasteiger partial charge in [-0.1, -0.05) is 24.1 Å². The van der Waals surface area contributed by atoms with Crippen molar-refractivity contribution in [2.45, 2.75) is 32.1 Å². The van der Waals surface area contributed by atoms with Crippen LogP contribution in [0.5, 0.6) is 0 Å². The molecule has 2 bridgehead atoms. The zero-order chi connectivity index (χ0) is 10.3. The molecule has 15 heavy (non-hydrogen) atoms. The molecule has 0 heterocycles. The maximum absolute atomic E-state index is 10.2. The zero-order valence-corrected chi connectivity index (χ0v) is 9.06. The van der Waals surface area contributed by atoms with Crippen molar-refractivity contribution in [2.24, 2.45) is 23.7 Å². The van der Waals surface area contributed by atoms with E-state index in [0.717, 1.165) is 30.0 Å². The van der Waals surface area contributed by atoms with Crippen molar-refractivity contribution in [2.75, 3.05) is 0 Å². The van der Waals surface area contributed by atoms with E-state index in [-0.39, 0.29) is 0 Å². The third-order valence-electron chi connectivity index (χ3n) is 4.78. The van der Waals surface area contributed by atoms with Crippen molar-refractivity contribution in [3.8, 4) is 0 Å². The first-order valence-electron chi connectivity index (χ1n) is 6.21. The van der Waals surface area contributed by atoms with Gasteiger partial charge in [-0.2, -0.15) is 0 Å². The van der Waals surface area contributed by atoms with E-state index in [4.69, 9.17) is 0 Å². The number of hydrogen-bond donors (Lipinski definition) is 0. The van der Waals surface area contributed by atoms with E-state index >= 15 is 0 Å². The number of hydrogen-bond acceptors (Lipinski definition) is 1. The summed E-state index contributed by atoms with van der Waals surface area (Å²) in [7, 11) is 0. The van der Waals surface area contributed by atoms with Crippen LogP contribution in [0, 0.1) is 23.7 Å². The van der Waals surface area contributed by atoms with Gasteiger partial charge in [-0.05, 0) is 55.4 Å². The number of aldehydes is 1. The van der Waals surface area contributed by atoms with Crippen LogP contribution in [0.3, 0.4) is 0 Å². The van der Waals surface area contributed by atoms with E-state index in [1.54, 1.807) is 11.6 Å². The van der Waals surface area contributed by atoms with E-state index in [9.17, 15) is 4.79 Å². The third-order valence-corrected chi connectivity index (χ3v) is 4.78. The van der Waals surface area contributed by atoms with Gasteiger partial charge in [0.1, 0.15) is 6.29 Å². The summed E-state index contributed by atoms with van der Waals surface area (Å²) in [6.07, 6.45) is 13.8. The highest BCUT2D eigenvalue weighted by molar-refractivity contribution is 5.65. The first-order valence-corrected chi connectivity index (χ1v) is 6.21. The largest absolute Gasteiger partial charge is 0.299 e. The van der Waals surface area contributed by atoms with Gasteiger partial charge < -0.3 is 0 Å². The standard InChI is InChI=1S/C14H18O/c15-7-2-1-4-10-8-11-9-14(10)13-6-3-5-12(11)13/h1-2,4,7,11-14H,3,5-6,8-9H2. The van der Waals surface area contributed by atoms with Crippen LogP contribution in [0.15, 0.2) is 23.8 Å². The van der Waals surface area contributed by atoms with Crippen LogP contribution < -0.4 is 0 Å². The van der Waals surface area contributed by atoms with E-state index < -0.39 is 0 Å². The van der Waals surface area contributed by atoms with Gasteiger partial charge in [0.05, 0.1) is 0 Å². The summed E-state index contributed by atoms with van der Waals surface area (Å²) in [5, 5.41) is 0. The lowest BCUT2D eigenvalue weighted by Gasteiger charge is -2.26. The first kappa shape index (κ1) is 9.38. The Labute approximate surface area is 91.2 Å². The van der Waals surface area contributed by atoms with E-state index in [1.807, 2.05) is 6.08 Å². The molecule has 0 amide bonds. The van der Waals surface area contributed by atoms with Crippen LogP contribution in [0.4, 0.5) is 0 Å². The van der Waals surface area contributed by atoms with Crippen molar-refractivity contribution in [1.82, 2.24) is 0 Å². The second-order valence-electron chi connectivity index (χ2n) is 5.33. The molecule has 0 aromatic heterocycles. The fourth-order valence-electron chi connectivity index (χ4n) is 4.31. The Morgan fingerprint density at radius 3 is 2.87 bits per heavy atom. The van der Waals surface area contributed by atoms with Crippen LogP contribution >= 0.6 is 0 Å². The van der Waals surface area contributed by atoms with Crippen LogP contribution in [-0.2, 0) is 4.79 Å². The molecule has 3 aliphatic rings. The minimum atomic E-state index is 0.864. The molecular weight excluding hydrogens is 184 g/mol. The molecule has 80 valence electrons. The van der Waals surface area contributed by atoms with Crippen molar-refractivity contribution in [3.05, 3.63) is 23.8 Å². The van der Waals surface area contributed by atoms with Gasteiger partial charge in [-0.3, -0.25) is 4.79 Å². The smallest absolute Gasteiger partial charge is 0.142 e. The Bertz CT molecular complexity index is 326. The van der Waals surface area contributed by atoms with Gasteiger partial charge in [-0.15, -0.1) is 0 Å². The normalized spacial score (nSPS) is 45.5. The minimum Gasteiger partial charge on any atom is -0.299 e. The molecule has 0 spiro atoms. The lowest BCUT2D eigenvalue weighted by Crippen LogP contribution is -2.18. The Kier molecular flexibility index (Phi) is 2.27. The van der Waals surface area contributed by atoms with Gasteiger partial charge in [0.15, 0.2) is 0 Å². The molecule has 3 rings (SSSR count). The SMILES string of the molecule is O=CC=CC=C1CC2CC1C1CCCC21. The van der Waals surface area contributed by atoms with E-state index in [1.165, 1.54) is 32.1 Å². The minimum absolute atomic E-state index is 0.864. The second-order valence-corrected chi connectivity index (χ2v) is 5.33. The number of allylic oxidation sites excluding steroid dienone is 4. The molecule has 4 unspecified atom stereocenters. The zero-order valence-electron chi connectivity index (χ0n) is 9.06. The van der Waals surface area contributed by atoms with Gasteiger partial charge >= 0.3 is 0 Å². The highest BCUT2D eigenvalue weighted by Gasteiger charge is 2.51. The predicted molar refractivity (Wildman–Crippen MR) is 60.3 cm³/mol. The van der Waals surface area contributed by atoms with Crippen molar-refractivity contribution in [1.29, 1.82) is 0 Å². The second kappa shape index (κ2) is 3.62. The molecule has 0 N–H and O–H groups in total. The topological polar surface area (TPSA) is 17.1 Å². The van der Waals surface area contributed by atoms with Crippen molar-refractivity contribution in [3.63, 3.8) is 0 Å². The summed E-state index contributed by atoms with van der Waals surface area (Å²) in [5.41, 5.74) is 1.63. The van der Waals surface area contributed by atoms with Crippen LogP contribution in [-0.4, -0.2) is 6.29 Å². The van der Waals surface area contributed by atoms with Gasteiger partial charge in [0.2, 0.25) is 0 Å². The van der Waals surface area contributed by atoms with Gasteiger partial charge in [0.25, 0.3) is 0 Å². The molecule has 3 fully saturated rings. The summed E-state index contributed by atoms with van der Waals surface area (Å²) in [5.74, 6) is 3.92. The average Bonchev–Trinajstić information content (AvgIpc) is 2.89. The number of carbonyl (C=O) groups is 1. The summed E-state index contributed by atoms with van der Waals surface area (Å²) in [4.78, 5) is 10.2. The molecule has 0 aromatic rings. The van der Waals surface area contributed by atoms with Gasteiger partial charge in [0, 0.05) is 0 Å². The third kappa shape index (κ3) is 1.40. The first-order chi connectivity index (χ1) is 7.40. The maximum atomic E-state index is 10.2. The van der Waals surface area contributed by atoms with Crippen molar-refractivity contribution < 1.29 is 4.79 Å². The molecular formula is C14H18O. The van der Waals surface area contributed by atoms with Crippen LogP contribution in [0.2, 0.25) is 0 Å². The molecule has 3 aliphatic carbocycles. The number of rotatable bonds is 2. The van der Waals surface area contributed by atoms with E-state index in [0.29, 0.717) is 0 Å². The quantitative estimate of drug-likeness (QED) is 0.496. The van der Waals surface area contributed by atoms with E-state index in [2.05, 4.69) is 6.08 Å². The lowest BCUT2D eigenvalue weighted by atomic mass is 9.79. The van der Waals surface area contributed by atoms with Crippen LogP contribution in [0.25, 0.3) is 0 Å². The molecule has 0 aromatic carbocycles. The highest BCUT2D eigenvalue weighted by atomic mass is 16.1. The Balaban J connectivity index is 1.78. The van der Waals surface area contributed by atoms with Crippen LogP contribution in [0.1, 0.15) is 32.1 Å². The summed E-state index contributed by atoms with van der Waals surface area (Å²) >= 11 is 0. The maximum Gasteiger partial charge on any atom is 0.142 e. The monoisotopic (exact) mass is 202 g/mol. The summed E-state index contributed by atoms with van der Waals surface area (Å²) in [6.45, 7) is 0. The molecule has 0 radical (unpaired) electrons. The summed E-state index contributed by atoms with van der Waals surface area (Å²) < 4.78 is 0. The number of fused-ring (bicyclic) bond motifs is 5. The Hall–Kier alpha value is -0.850. The Morgan fingerprint density at radius 1 is 1.13 bits per heavy atom. The van der Waals surface area contributed by atoms with Crippen molar-refractivity contribution >= 4 is 6.29 Å². The average molecular weight is 202 g/mol. The molecule has 0 saturated heterocycles. The molecule has 0 aliphatic heterocycles. The Morgan fingerprint density at radius 2 is 2.00 bits per heavy atom.